The van der Waals surface area contributed by atoms with E-state index in [4.69, 9.17) is 5.73 Å². The number of azo groups is 1. The predicted octanol–water partition coefficient (Wildman–Crippen LogP) is -2.67. The Morgan fingerprint density at radius 3 is 2.05 bits per heavy atom. The zero-order valence-corrected chi connectivity index (χ0v) is 26.9. The van der Waals surface area contributed by atoms with Gasteiger partial charge in [-0.1, -0.05) is 18.2 Å². The molecule has 0 saturated heterocycles. The fourth-order valence-electron chi connectivity index (χ4n) is 3.11. The third-order valence-electron chi connectivity index (χ3n) is 4.75. The van der Waals surface area contributed by atoms with Gasteiger partial charge < -0.3 is 15.4 Å². The Kier molecular flexibility index (Phi) is 12.8. The molecule has 14 nitrogen and oxygen atoms in total. The van der Waals surface area contributed by atoms with Crippen LogP contribution in [0.3, 0.4) is 0 Å². The predicted molar refractivity (Wildman–Crippen MR) is 134 cm³/mol. The van der Waals surface area contributed by atoms with Crippen LogP contribution in [0.4, 0.5) is 28.4 Å². The first kappa shape index (κ1) is 35.5. The van der Waals surface area contributed by atoms with E-state index in [-0.39, 0.29) is 87.3 Å². The molecule has 0 aliphatic heterocycles. The van der Waals surface area contributed by atoms with Gasteiger partial charge in [-0.25, -0.2) is 8.42 Å². The van der Waals surface area contributed by atoms with E-state index in [2.05, 4.69) is 15.2 Å². The number of nitrogens with zero attached hydrogens (tertiary/aromatic N) is 4. The second kappa shape index (κ2) is 14.4. The number of non-ortho nitro benzene ring substituents is 1. The molecule has 0 heterocycles. The maximum Gasteiger partial charge on any atom is 1.00 e. The van der Waals surface area contributed by atoms with Gasteiger partial charge in [0.1, 0.15) is 20.7 Å². The number of hydrogen-bond acceptors (Lipinski definition) is 12. The van der Waals surface area contributed by atoms with Gasteiger partial charge in [0.25, 0.3) is 15.8 Å². The number of nitro groups is 1. The van der Waals surface area contributed by atoms with Crippen molar-refractivity contribution in [2.75, 3.05) is 5.73 Å². The van der Waals surface area contributed by atoms with Crippen molar-refractivity contribution in [3.63, 3.8) is 0 Å². The van der Waals surface area contributed by atoms with Crippen LogP contribution in [0, 0.1) is 10.1 Å². The molecule has 198 valence electrons. The van der Waals surface area contributed by atoms with E-state index in [0.29, 0.717) is 11.8 Å². The summed E-state index contributed by atoms with van der Waals surface area (Å²) in [6.45, 7) is 1.22. The molecule has 3 aromatic rings. The number of hydrogen-bond donors (Lipinski definition) is 2. The van der Waals surface area contributed by atoms with Crippen molar-refractivity contribution in [2.45, 2.75) is 16.7 Å². The zero-order chi connectivity index (χ0) is 28.3. The van der Waals surface area contributed by atoms with Crippen LogP contribution in [0.15, 0.2) is 79.6 Å². The van der Waals surface area contributed by atoms with Gasteiger partial charge in [0.05, 0.1) is 21.2 Å². The first-order valence-corrected chi connectivity index (χ1v) is 13.1. The van der Waals surface area contributed by atoms with E-state index in [1.54, 1.807) is 0 Å². The Labute approximate surface area is 273 Å². The minimum Gasteiger partial charge on any atom is -0.862 e. The molecule has 18 heteroatoms. The summed E-state index contributed by atoms with van der Waals surface area (Å²) >= 11 is 0. The average molecular weight is 606 g/mol. The van der Waals surface area contributed by atoms with Crippen LogP contribution >= 0.6 is 0 Å². The van der Waals surface area contributed by atoms with Gasteiger partial charge in [-0.05, 0) is 60.3 Å². The van der Waals surface area contributed by atoms with Gasteiger partial charge in [0.2, 0.25) is 0 Å². The Bertz CT molecular complexity index is 1740. The third kappa shape index (κ3) is 9.55. The molecule has 0 fully saturated rings. The topological polar surface area (TPSA) is 241 Å². The molecule has 3 aromatic carbocycles. The number of benzene rings is 3. The number of aliphatic imine (C=N–C) groups is 1. The monoisotopic (exact) mass is 605 g/mol. The molecule has 0 amide bonds. The number of nitro benzene ring substituents is 1. The molecular formula is C22H17N5Na2O9S2. The van der Waals surface area contributed by atoms with Gasteiger partial charge in [0, 0.05) is 17.8 Å². The molecule has 0 atom stereocenters. The van der Waals surface area contributed by atoms with Crippen LogP contribution in [-0.2, 0) is 20.2 Å². The first-order chi connectivity index (χ1) is 17.6. The van der Waals surface area contributed by atoms with Crippen molar-refractivity contribution in [1.82, 2.24) is 0 Å². The van der Waals surface area contributed by atoms with Gasteiger partial charge in [-0.15, -0.1) is 5.11 Å². The number of nitrogen functional groups attached to an aromatic ring is 1. The minimum absolute atomic E-state index is 0. The number of nitrogens with two attached hydrogens (primary N) is 1. The molecule has 0 unspecified atom stereocenters. The van der Waals surface area contributed by atoms with Gasteiger partial charge in [0.15, 0.2) is 0 Å². The maximum absolute atomic E-state index is 12.0. The molecular weight excluding hydrogens is 588 g/mol. The summed E-state index contributed by atoms with van der Waals surface area (Å²) in [5.41, 5.74) is 5.25. The Hall–Kier alpha value is -2.51. The van der Waals surface area contributed by atoms with E-state index in [1.807, 2.05) is 0 Å². The van der Waals surface area contributed by atoms with E-state index in [0.717, 1.165) is 30.4 Å². The van der Waals surface area contributed by atoms with Crippen LogP contribution in [0.25, 0.3) is 12.2 Å². The van der Waals surface area contributed by atoms with Crippen LogP contribution in [0.1, 0.15) is 18.1 Å². The molecule has 0 aliphatic carbocycles. The number of rotatable bonds is 8. The summed E-state index contributed by atoms with van der Waals surface area (Å²) in [5, 5.41) is 30.2. The molecule has 0 radical (unpaired) electrons. The molecule has 0 spiro atoms. The molecule has 0 saturated carbocycles. The van der Waals surface area contributed by atoms with E-state index in [1.165, 1.54) is 37.3 Å². The summed E-state index contributed by atoms with van der Waals surface area (Å²) < 4.78 is 68.5. The van der Waals surface area contributed by atoms with Crippen molar-refractivity contribution in [3.05, 3.63) is 75.8 Å². The molecule has 0 bridgehead atoms. The smallest absolute Gasteiger partial charge is 0.862 e. The standard InChI is InChI=1S/C22H19N5O9S2.2Na/c1-13(28)24-20-10-16(23)6-9-19(20)26-25-17-7-4-14(21(11-17)37(31,32)33)2-3-15-5-8-18(27(29)30)12-22(15)38(34,35)36;;/h2-12H,23H2,1H3,(H,24,28)(H,31,32,33)(H,34,35,36);;/q;2*+1/p-2/b3-2+,26-25?;;. The Balaban J connectivity index is 0.00000400. The normalized spacial score (nSPS) is 12.2. The largest absolute Gasteiger partial charge is 1.00 e. The van der Waals surface area contributed by atoms with Crippen molar-refractivity contribution in [1.29, 1.82) is 0 Å². The van der Waals surface area contributed by atoms with Crippen molar-refractivity contribution < 1.29 is 95.1 Å². The van der Waals surface area contributed by atoms with Crippen molar-refractivity contribution >= 4 is 66.7 Å². The summed E-state index contributed by atoms with van der Waals surface area (Å²) in [5.74, 6) is -0.516. The summed E-state index contributed by atoms with van der Waals surface area (Å²) in [6, 6.07) is 10.4. The second-order valence-electron chi connectivity index (χ2n) is 7.54. The van der Waals surface area contributed by atoms with Crippen LogP contribution < -0.4 is 70.0 Å². The molecule has 3 rings (SSSR count). The molecule has 3 N–H and O–H groups in total. The third-order valence-corrected chi connectivity index (χ3v) is 6.55. The minimum atomic E-state index is -5.12. The van der Waals surface area contributed by atoms with E-state index >= 15 is 0 Å². The fraction of sp³-hybridized carbons (Fsp3) is 0.0455. The second-order valence-corrected chi connectivity index (χ2v) is 10.3. The number of anilines is 1. The first-order valence-electron chi connectivity index (χ1n) is 10.2. The van der Waals surface area contributed by atoms with Gasteiger partial charge in [-0.3, -0.25) is 19.7 Å². The van der Waals surface area contributed by atoms with Gasteiger partial charge in [-0.2, -0.15) is 13.5 Å². The molecule has 0 aliphatic rings. The Morgan fingerprint density at radius 1 is 0.900 bits per heavy atom. The van der Waals surface area contributed by atoms with E-state index in [9.17, 15) is 41.2 Å². The Morgan fingerprint density at radius 2 is 1.50 bits per heavy atom. The fourth-order valence-corrected chi connectivity index (χ4v) is 4.51. The summed E-state index contributed by atoms with van der Waals surface area (Å²) in [7, 11) is -9.96. The summed E-state index contributed by atoms with van der Waals surface area (Å²) in [4.78, 5) is 12.3. The molecule has 0 aromatic heterocycles. The van der Waals surface area contributed by atoms with Crippen molar-refractivity contribution in [2.24, 2.45) is 15.2 Å². The average Bonchev–Trinajstić information content (AvgIpc) is 2.80. The zero-order valence-electron chi connectivity index (χ0n) is 21.2. The van der Waals surface area contributed by atoms with Crippen LogP contribution in [0.2, 0.25) is 0 Å². The maximum atomic E-state index is 12.0. The van der Waals surface area contributed by atoms with E-state index < -0.39 is 46.5 Å². The van der Waals surface area contributed by atoms with Crippen molar-refractivity contribution in [3.8, 4) is 0 Å². The van der Waals surface area contributed by atoms with Crippen LogP contribution in [0.5, 0.6) is 0 Å². The summed E-state index contributed by atoms with van der Waals surface area (Å²) in [6.07, 6.45) is 2.13. The SMILES string of the molecule is CC([O-])=Nc1cc(N)ccc1N=Nc1ccc(/C=C/c2ccc([N+](=O)[O-])cc2S(=O)(=O)[O-])c(S(=O)(=O)O)c1.[Na+].[Na+]. The quantitative estimate of drug-likeness (QED) is 0.0310. The van der Waals surface area contributed by atoms with Crippen LogP contribution in [-0.4, -0.2) is 36.8 Å². The van der Waals surface area contributed by atoms with Gasteiger partial charge >= 0.3 is 59.1 Å². The molecule has 40 heavy (non-hydrogen) atoms.